The molecule has 0 bridgehead atoms. The first-order chi connectivity index (χ1) is 7.97. The number of aromatic hydroxyl groups is 1. The van der Waals surface area contributed by atoms with Gasteiger partial charge in [-0.2, -0.15) is 0 Å². The standard InChI is InChI=1S/C14H19ClO2/c1-9(2)11-8-12(10(3)7-14(11)17)13(16)5-4-6-15/h7-9,17H,4-6H2,1-3H3. The molecule has 1 N–H and O–H groups in total. The molecule has 94 valence electrons. The molecule has 1 aromatic rings. The highest BCUT2D eigenvalue weighted by Gasteiger charge is 2.14. The molecular formula is C14H19ClO2. The quantitative estimate of drug-likeness (QED) is 0.636. The Morgan fingerprint density at radius 1 is 1.41 bits per heavy atom. The van der Waals surface area contributed by atoms with Crippen molar-refractivity contribution in [2.45, 2.75) is 39.5 Å². The molecule has 17 heavy (non-hydrogen) atoms. The molecule has 0 saturated heterocycles. The fraction of sp³-hybridized carbons (Fsp3) is 0.500. The predicted molar refractivity (Wildman–Crippen MR) is 71.2 cm³/mol. The van der Waals surface area contributed by atoms with Crippen LogP contribution < -0.4 is 0 Å². The molecule has 0 aliphatic rings. The highest BCUT2D eigenvalue weighted by atomic mass is 35.5. The Labute approximate surface area is 108 Å². The van der Waals surface area contributed by atoms with Crippen LogP contribution in [-0.2, 0) is 0 Å². The first-order valence-electron chi connectivity index (χ1n) is 5.90. The van der Waals surface area contributed by atoms with Crippen LogP contribution in [0.1, 0.15) is 54.1 Å². The Hall–Kier alpha value is -1.02. The van der Waals surface area contributed by atoms with E-state index in [9.17, 15) is 9.90 Å². The number of hydrogen-bond acceptors (Lipinski definition) is 2. The molecule has 0 aliphatic carbocycles. The van der Waals surface area contributed by atoms with Gasteiger partial charge in [-0.25, -0.2) is 0 Å². The maximum absolute atomic E-state index is 12.0. The molecular weight excluding hydrogens is 236 g/mol. The van der Waals surface area contributed by atoms with E-state index in [0.29, 0.717) is 24.3 Å². The minimum Gasteiger partial charge on any atom is -0.508 e. The topological polar surface area (TPSA) is 37.3 Å². The summed E-state index contributed by atoms with van der Waals surface area (Å²) >= 11 is 5.59. The lowest BCUT2D eigenvalue weighted by atomic mass is 9.93. The summed E-state index contributed by atoms with van der Waals surface area (Å²) in [6.07, 6.45) is 1.16. The average molecular weight is 255 g/mol. The lowest BCUT2D eigenvalue weighted by Gasteiger charge is -2.12. The van der Waals surface area contributed by atoms with Crippen molar-refractivity contribution in [3.8, 4) is 5.75 Å². The number of Topliss-reactive ketones (excluding diaryl/α,β-unsaturated/α-hetero) is 1. The van der Waals surface area contributed by atoms with Gasteiger partial charge in [-0.15, -0.1) is 11.6 Å². The number of carbonyl (C=O) groups is 1. The van der Waals surface area contributed by atoms with Crippen LogP contribution in [0.5, 0.6) is 5.75 Å². The number of carbonyl (C=O) groups excluding carboxylic acids is 1. The van der Waals surface area contributed by atoms with Gasteiger partial charge in [-0.3, -0.25) is 4.79 Å². The number of alkyl halides is 1. The van der Waals surface area contributed by atoms with E-state index in [1.54, 1.807) is 6.07 Å². The summed E-state index contributed by atoms with van der Waals surface area (Å²) in [6, 6.07) is 3.48. The molecule has 0 aliphatic heterocycles. The third kappa shape index (κ3) is 3.47. The van der Waals surface area contributed by atoms with Gasteiger partial charge >= 0.3 is 0 Å². The fourth-order valence-electron chi connectivity index (χ4n) is 1.83. The molecule has 0 unspecified atom stereocenters. The number of ketones is 1. The molecule has 0 fully saturated rings. The highest BCUT2D eigenvalue weighted by molar-refractivity contribution is 6.18. The van der Waals surface area contributed by atoms with Gasteiger partial charge in [-0.1, -0.05) is 13.8 Å². The highest BCUT2D eigenvalue weighted by Crippen LogP contribution is 2.29. The van der Waals surface area contributed by atoms with Crippen LogP contribution >= 0.6 is 11.6 Å². The van der Waals surface area contributed by atoms with Gasteiger partial charge in [0.15, 0.2) is 5.78 Å². The van der Waals surface area contributed by atoms with Crippen LogP contribution in [0.2, 0.25) is 0 Å². The zero-order valence-electron chi connectivity index (χ0n) is 10.6. The SMILES string of the molecule is Cc1cc(O)c(C(C)C)cc1C(=O)CCCCl. The van der Waals surface area contributed by atoms with Crippen molar-refractivity contribution in [1.29, 1.82) is 0 Å². The van der Waals surface area contributed by atoms with E-state index < -0.39 is 0 Å². The Morgan fingerprint density at radius 3 is 2.59 bits per heavy atom. The van der Waals surface area contributed by atoms with Crippen LogP contribution in [0, 0.1) is 6.92 Å². The molecule has 1 aromatic carbocycles. The van der Waals surface area contributed by atoms with E-state index in [0.717, 1.165) is 11.1 Å². The Morgan fingerprint density at radius 2 is 2.06 bits per heavy atom. The minimum absolute atomic E-state index is 0.102. The second kappa shape index (κ2) is 6.06. The van der Waals surface area contributed by atoms with Crippen molar-refractivity contribution in [2.75, 3.05) is 5.88 Å². The summed E-state index contributed by atoms with van der Waals surface area (Å²) < 4.78 is 0. The van der Waals surface area contributed by atoms with Crippen molar-refractivity contribution in [3.05, 3.63) is 28.8 Å². The van der Waals surface area contributed by atoms with Crippen molar-refractivity contribution in [3.63, 3.8) is 0 Å². The van der Waals surface area contributed by atoms with Gasteiger partial charge in [0, 0.05) is 17.9 Å². The summed E-state index contributed by atoms with van der Waals surface area (Å²) in [5.74, 6) is 1.08. The molecule has 0 atom stereocenters. The number of benzene rings is 1. The summed E-state index contributed by atoms with van der Waals surface area (Å²) in [7, 11) is 0. The Kier molecular flexibility index (Phi) is 5.01. The van der Waals surface area contributed by atoms with E-state index in [2.05, 4.69) is 0 Å². The molecule has 0 heterocycles. The Bertz CT molecular complexity index is 411. The van der Waals surface area contributed by atoms with Gasteiger partial charge in [0.2, 0.25) is 0 Å². The summed E-state index contributed by atoms with van der Waals surface area (Å²) in [5.41, 5.74) is 2.35. The molecule has 3 heteroatoms. The fourth-order valence-corrected chi connectivity index (χ4v) is 1.97. The number of halogens is 1. The third-order valence-electron chi connectivity index (χ3n) is 2.83. The summed E-state index contributed by atoms with van der Waals surface area (Å²) in [5, 5.41) is 9.81. The number of aryl methyl sites for hydroxylation is 1. The first kappa shape index (κ1) is 14.0. The largest absolute Gasteiger partial charge is 0.508 e. The predicted octanol–water partition coefficient (Wildman–Crippen LogP) is 4.03. The first-order valence-corrected chi connectivity index (χ1v) is 6.43. The number of phenolic OH excluding ortho intramolecular Hbond substituents is 1. The van der Waals surface area contributed by atoms with Gasteiger partial charge in [0.25, 0.3) is 0 Å². The lowest BCUT2D eigenvalue weighted by molar-refractivity contribution is 0.0981. The van der Waals surface area contributed by atoms with Crippen LogP contribution in [0.3, 0.4) is 0 Å². The van der Waals surface area contributed by atoms with E-state index in [4.69, 9.17) is 11.6 Å². The Balaban J connectivity index is 3.07. The van der Waals surface area contributed by atoms with Gasteiger partial charge in [-0.05, 0) is 42.5 Å². The van der Waals surface area contributed by atoms with Crippen molar-refractivity contribution in [2.24, 2.45) is 0 Å². The van der Waals surface area contributed by atoms with Crippen molar-refractivity contribution in [1.82, 2.24) is 0 Å². The molecule has 0 amide bonds. The number of phenols is 1. The minimum atomic E-state index is 0.102. The smallest absolute Gasteiger partial charge is 0.163 e. The van der Waals surface area contributed by atoms with Crippen LogP contribution in [0.15, 0.2) is 12.1 Å². The molecule has 2 nitrogen and oxygen atoms in total. The van der Waals surface area contributed by atoms with Gasteiger partial charge in [0.1, 0.15) is 5.75 Å². The molecule has 0 saturated carbocycles. The normalized spacial score (nSPS) is 10.9. The van der Waals surface area contributed by atoms with E-state index in [1.165, 1.54) is 0 Å². The second-order valence-electron chi connectivity index (χ2n) is 4.60. The molecule has 0 aromatic heterocycles. The van der Waals surface area contributed by atoms with E-state index >= 15 is 0 Å². The second-order valence-corrected chi connectivity index (χ2v) is 4.97. The molecule has 0 radical (unpaired) electrons. The van der Waals surface area contributed by atoms with Crippen LogP contribution in [-0.4, -0.2) is 16.8 Å². The van der Waals surface area contributed by atoms with Crippen LogP contribution in [0.4, 0.5) is 0 Å². The molecule has 1 rings (SSSR count). The number of rotatable bonds is 5. The zero-order valence-corrected chi connectivity index (χ0v) is 11.3. The molecule has 0 spiro atoms. The van der Waals surface area contributed by atoms with Gasteiger partial charge < -0.3 is 5.11 Å². The lowest BCUT2D eigenvalue weighted by Crippen LogP contribution is -2.04. The van der Waals surface area contributed by atoms with E-state index in [-0.39, 0.29) is 17.5 Å². The number of hydrogen-bond donors (Lipinski definition) is 1. The van der Waals surface area contributed by atoms with E-state index in [1.807, 2.05) is 26.8 Å². The summed E-state index contributed by atoms with van der Waals surface area (Å²) in [6.45, 7) is 5.84. The average Bonchev–Trinajstić information content (AvgIpc) is 2.25. The third-order valence-corrected chi connectivity index (χ3v) is 3.10. The van der Waals surface area contributed by atoms with Crippen molar-refractivity contribution >= 4 is 17.4 Å². The maximum atomic E-state index is 12.0. The van der Waals surface area contributed by atoms with Gasteiger partial charge in [0.05, 0.1) is 0 Å². The van der Waals surface area contributed by atoms with Crippen molar-refractivity contribution < 1.29 is 9.90 Å². The zero-order chi connectivity index (χ0) is 13.0. The summed E-state index contributed by atoms with van der Waals surface area (Å²) in [4.78, 5) is 12.0. The maximum Gasteiger partial charge on any atom is 0.163 e. The monoisotopic (exact) mass is 254 g/mol. The van der Waals surface area contributed by atoms with Crippen LogP contribution in [0.25, 0.3) is 0 Å².